The number of rotatable bonds is 0. The SMILES string of the molecule is C/C1=C\[C@@H]2C=C[C@H](C)C[C@]23OC(=O)C(=C(O)[C@@]2(C)[C@H]4[C@H](C=C[C@H]2/C(C)=C/C[C@@H]1O)[C@@H](O)[C@](C)(O)C[C@@H]4C)C3=O. The average Bonchev–Trinajstić information content (AvgIpc) is 3.09. The van der Waals surface area contributed by atoms with Gasteiger partial charge in [0.15, 0.2) is 5.60 Å². The number of aliphatic hydroxyl groups excluding tert-OH is 3. The summed E-state index contributed by atoms with van der Waals surface area (Å²) in [6.45, 7) is 11.2. The summed E-state index contributed by atoms with van der Waals surface area (Å²) in [5.41, 5.74) is -2.73. The second-order valence-corrected chi connectivity index (χ2v) is 13.3. The molecule has 4 aliphatic carbocycles. The number of fused-ring (bicyclic) bond motifs is 4. The quantitative estimate of drug-likeness (QED) is 0.208. The molecule has 1 aliphatic heterocycles. The number of aliphatic hydroxyl groups is 4. The van der Waals surface area contributed by atoms with E-state index >= 15 is 0 Å². The molecule has 39 heavy (non-hydrogen) atoms. The second-order valence-electron chi connectivity index (χ2n) is 13.3. The predicted octanol–water partition coefficient (Wildman–Crippen LogP) is 4.11. The maximum absolute atomic E-state index is 14.3. The van der Waals surface area contributed by atoms with E-state index in [0.29, 0.717) is 18.4 Å². The Balaban J connectivity index is 1.78. The van der Waals surface area contributed by atoms with Crippen LogP contribution in [0.3, 0.4) is 0 Å². The van der Waals surface area contributed by atoms with E-state index in [0.717, 1.165) is 5.57 Å². The minimum atomic E-state index is -1.50. The first-order chi connectivity index (χ1) is 18.1. The number of ether oxygens (including phenoxy) is 1. The molecular formula is C32H42O7. The Morgan fingerprint density at radius 2 is 1.67 bits per heavy atom. The minimum Gasteiger partial charge on any atom is -0.511 e. The summed E-state index contributed by atoms with van der Waals surface area (Å²) in [6.07, 6.45) is 10.5. The van der Waals surface area contributed by atoms with Crippen molar-refractivity contribution in [1.29, 1.82) is 0 Å². The largest absolute Gasteiger partial charge is 0.511 e. The molecule has 0 aromatic heterocycles. The van der Waals surface area contributed by atoms with Gasteiger partial charge in [-0.2, -0.15) is 0 Å². The lowest BCUT2D eigenvalue weighted by Gasteiger charge is -2.57. The molecule has 2 bridgehead atoms. The maximum atomic E-state index is 14.3. The van der Waals surface area contributed by atoms with Crippen LogP contribution in [0.25, 0.3) is 0 Å². The first kappa shape index (κ1) is 28.1. The minimum absolute atomic E-state index is 0.0289. The molecule has 7 heteroatoms. The third-order valence-corrected chi connectivity index (χ3v) is 10.4. The van der Waals surface area contributed by atoms with Crippen molar-refractivity contribution in [2.75, 3.05) is 0 Å². The molecule has 0 aromatic rings. The van der Waals surface area contributed by atoms with Gasteiger partial charge in [-0.3, -0.25) is 4.79 Å². The lowest BCUT2D eigenvalue weighted by Crippen LogP contribution is -2.59. The van der Waals surface area contributed by atoms with Crippen molar-refractivity contribution >= 4 is 11.8 Å². The van der Waals surface area contributed by atoms with Crippen LogP contribution in [0.2, 0.25) is 0 Å². The molecule has 1 saturated carbocycles. The van der Waals surface area contributed by atoms with Gasteiger partial charge in [0.2, 0.25) is 5.78 Å². The highest BCUT2D eigenvalue weighted by Gasteiger charge is 2.63. The van der Waals surface area contributed by atoms with Gasteiger partial charge in [-0.1, -0.05) is 62.8 Å². The van der Waals surface area contributed by atoms with E-state index in [1.807, 2.05) is 71.1 Å². The standard InChI is InChI=1S/C32H42O7/c1-16-7-9-20-13-18(3)23(33)12-8-17(2)22-11-10-21-25(19(4)15-30(5,38)26(21)34)31(22,6)27(35)24-28(36)32(20,14-16)39-29(24)37/h7-11,13,16,19-23,25-26,33-35,38H,12,14-15H2,1-6H3/b17-8+,18-13+,27-24?/t16-,19-,20-,21-,22-,23-,25+,26+,30+,31+,32-/m0/s1. The van der Waals surface area contributed by atoms with Gasteiger partial charge in [-0.15, -0.1) is 0 Å². The predicted molar refractivity (Wildman–Crippen MR) is 146 cm³/mol. The number of carbonyl (C=O) groups is 2. The van der Waals surface area contributed by atoms with Gasteiger partial charge in [0.1, 0.15) is 11.3 Å². The van der Waals surface area contributed by atoms with Crippen LogP contribution in [0.1, 0.15) is 60.8 Å². The van der Waals surface area contributed by atoms with E-state index in [1.54, 1.807) is 6.92 Å². The van der Waals surface area contributed by atoms with Crippen LogP contribution in [-0.2, 0) is 14.3 Å². The van der Waals surface area contributed by atoms with Crippen LogP contribution in [0, 0.1) is 40.9 Å². The molecule has 4 N–H and O–H groups in total. The number of hydrogen-bond acceptors (Lipinski definition) is 7. The Bertz CT molecular complexity index is 1230. The van der Waals surface area contributed by atoms with Gasteiger partial charge in [-0.05, 0) is 56.9 Å². The molecule has 0 radical (unpaired) electrons. The Hall–Kier alpha value is -2.48. The van der Waals surface area contributed by atoms with Gasteiger partial charge in [0.05, 0.1) is 17.8 Å². The van der Waals surface area contributed by atoms with Crippen molar-refractivity contribution in [3.63, 3.8) is 0 Å². The van der Waals surface area contributed by atoms with Gasteiger partial charge in [0, 0.05) is 29.6 Å². The zero-order chi connectivity index (χ0) is 28.7. The van der Waals surface area contributed by atoms with Crippen molar-refractivity contribution in [2.45, 2.75) is 84.2 Å². The molecule has 11 atom stereocenters. The average molecular weight is 539 g/mol. The van der Waals surface area contributed by atoms with E-state index in [4.69, 9.17) is 4.74 Å². The zero-order valence-electron chi connectivity index (χ0n) is 23.7. The van der Waals surface area contributed by atoms with Crippen molar-refractivity contribution in [3.8, 4) is 0 Å². The fourth-order valence-electron chi connectivity index (χ4n) is 8.42. The summed E-state index contributed by atoms with van der Waals surface area (Å²) < 4.78 is 5.96. The number of carbonyl (C=O) groups excluding carboxylic acids is 2. The number of Topliss-reactive ketones (excluding diaryl/α,β-unsaturated/α-hetero) is 1. The lowest BCUT2D eigenvalue weighted by molar-refractivity contribution is -0.162. The van der Waals surface area contributed by atoms with Gasteiger partial charge in [-0.25, -0.2) is 4.79 Å². The smallest absolute Gasteiger partial charge is 0.346 e. The first-order valence-electron chi connectivity index (χ1n) is 14.2. The topological polar surface area (TPSA) is 124 Å². The molecule has 0 amide bonds. The number of esters is 1. The van der Waals surface area contributed by atoms with Crippen molar-refractivity contribution in [3.05, 3.63) is 58.9 Å². The van der Waals surface area contributed by atoms with Crippen LogP contribution < -0.4 is 0 Å². The van der Waals surface area contributed by atoms with Crippen molar-refractivity contribution < 1.29 is 34.8 Å². The fourth-order valence-corrected chi connectivity index (χ4v) is 8.42. The van der Waals surface area contributed by atoms with E-state index < -0.39 is 58.3 Å². The van der Waals surface area contributed by atoms with E-state index in [-0.39, 0.29) is 35.5 Å². The number of hydrogen-bond donors (Lipinski definition) is 4. The van der Waals surface area contributed by atoms with Crippen LogP contribution in [0.5, 0.6) is 0 Å². The summed E-state index contributed by atoms with van der Waals surface area (Å²) in [7, 11) is 0. The normalized spacial score (nSPS) is 50.7. The Labute approximate surface area is 230 Å². The maximum Gasteiger partial charge on any atom is 0.346 e. The summed E-state index contributed by atoms with van der Waals surface area (Å²) in [5, 5.41) is 45.4. The Morgan fingerprint density at radius 1 is 0.974 bits per heavy atom. The summed E-state index contributed by atoms with van der Waals surface area (Å²) in [5.74, 6) is -3.75. The third kappa shape index (κ3) is 4.03. The van der Waals surface area contributed by atoms with Crippen LogP contribution in [0.15, 0.2) is 58.9 Å². The van der Waals surface area contributed by atoms with Crippen molar-refractivity contribution in [1.82, 2.24) is 0 Å². The molecule has 212 valence electrons. The fraction of sp³-hybridized carbons (Fsp3) is 0.625. The number of allylic oxidation sites excluding steroid dienone is 4. The summed E-state index contributed by atoms with van der Waals surface area (Å²) >= 11 is 0. The molecular weight excluding hydrogens is 496 g/mol. The molecule has 2 fully saturated rings. The highest BCUT2D eigenvalue weighted by Crippen LogP contribution is 2.60. The van der Waals surface area contributed by atoms with E-state index in [1.165, 1.54) is 0 Å². The van der Waals surface area contributed by atoms with Gasteiger partial charge < -0.3 is 25.2 Å². The molecule has 5 aliphatic rings. The first-order valence-corrected chi connectivity index (χ1v) is 14.2. The van der Waals surface area contributed by atoms with Crippen molar-refractivity contribution in [2.24, 2.45) is 40.9 Å². The summed E-state index contributed by atoms with van der Waals surface area (Å²) in [6, 6.07) is 0. The third-order valence-electron chi connectivity index (χ3n) is 10.4. The second kappa shape index (κ2) is 9.28. The van der Waals surface area contributed by atoms with Gasteiger partial charge >= 0.3 is 5.97 Å². The highest BCUT2D eigenvalue weighted by molar-refractivity contribution is 6.26. The van der Waals surface area contributed by atoms with Crippen LogP contribution >= 0.6 is 0 Å². The Morgan fingerprint density at radius 3 is 2.36 bits per heavy atom. The van der Waals surface area contributed by atoms with Crippen LogP contribution in [-0.4, -0.2) is 55.6 Å². The molecule has 1 spiro atoms. The zero-order valence-corrected chi connectivity index (χ0v) is 23.7. The van der Waals surface area contributed by atoms with Crippen LogP contribution in [0.4, 0.5) is 0 Å². The van der Waals surface area contributed by atoms with Gasteiger partial charge in [0.25, 0.3) is 0 Å². The van der Waals surface area contributed by atoms with E-state index in [2.05, 4.69) is 0 Å². The monoisotopic (exact) mass is 538 g/mol. The molecule has 5 rings (SSSR count). The Kier molecular flexibility index (Phi) is 6.68. The highest BCUT2D eigenvalue weighted by atomic mass is 16.6. The molecule has 0 aromatic carbocycles. The molecule has 0 unspecified atom stereocenters. The molecule has 7 nitrogen and oxygen atoms in total. The lowest BCUT2D eigenvalue weighted by atomic mass is 9.49. The molecule has 1 saturated heterocycles. The molecule has 1 heterocycles. The van der Waals surface area contributed by atoms with E-state index in [9.17, 15) is 30.0 Å². The number of ketones is 1. The summed E-state index contributed by atoms with van der Waals surface area (Å²) in [4.78, 5) is 27.9.